The first-order valence-corrected chi connectivity index (χ1v) is 5.25. The summed E-state index contributed by atoms with van der Waals surface area (Å²) in [6, 6.07) is 8.17. The van der Waals surface area contributed by atoms with E-state index in [9.17, 15) is 0 Å². The lowest BCUT2D eigenvalue weighted by Gasteiger charge is -2.09. The summed E-state index contributed by atoms with van der Waals surface area (Å²) in [5.74, 6) is 0.331. The van der Waals surface area contributed by atoms with Crippen LogP contribution in [0.1, 0.15) is 16.8 Å². The van der Waals surface area contributed by atoms with Crippen LogP contribution >= 0.6 is 0 Å². The fraction of sp³-hybridized carbons (Fsp3) is 0.231. The smallest absolute Gasteiger partial charge is 0.220 e. The summed E-state index contributed by atoms with van der Waals surface area (Å²) < 4.78 is 0. The summed E-state index contributed by atoms with van der Waals surface area (Å²) in [7, 11) is 0. The Morgan fingerprint density at radius 2 is 1.62 bits per heavy atom. The van der Waals surface area contributed by atoms with Gasteiger partial charge in [-0.1, -0.05) is 18.2 Å². The summed E-state index contributed by atoms with van der Waals surface area (Å²) in [4.78, 5) is 8.38. The molecule has 0 fully saturated rings. The highest BCUT2D eigenvalue weighted by molar-refractivity contribution is 5.68. The highest BCUT2D eigenvalue weighted by Crippen LogP contribution is 2.25. The molecule has 0 unspecified atom stereocenters. The van der Waals surface area contributed by atoms with Gasteiger partial charge in [0.1, 0.15) is 0 Å². The Hall–Kier alpha value is -1.90. The van der Waals surface area contributed by atoms with Gasteiger partial charge < -0.3 is 5.73 Å². The summed E-state index contributed by atoms with van der Waals surface area (Å²) in [6.07, 6.45) is 0. The van der Waals surface area contributed by atoms with E-state index in [1.807, 2.05) is 19.1 Å². The van der Waals surface area contributed by atoms with Gasteiger partial charge in [0.05, 0.1) is 5.69 Å². The minimum atomic E-state index is 0.331. The second kappa shape index (κ2) is 3.93. The van der Waals surface area contributed by atoms with Crippen LogP contribution in [0.4, 0.5) is 5.95 Å². The average Bonchev–Trinajstić information content (AvgIpc) is 2.15. The number of aryl methyl sites for hydroxylation is 3. The molecule has 0 radical (unpaired) electrons. The Bertz CT molecular complexity index is 492. The fourth-order valence-electron chi connectivity index (χ4n) is 1.94. The molecule has 2 rings (SSSR count). The highest BCUT2D eigenvalue weighted by Gasteiger charge is 2.08. The number of nitrogen functional groups attached to an aromatic ring is 1. The van der Waals surface area contributed by atoms with Crippen molar-refractivity contribution in [3.8, 4) is 11.3 Å². The number of aromatic nitrogens is 2. The van der Waals surface area contributed by atoms with Crippen LogP contribution in [0.2, 0.25) is 0 Å². The summed E-state index contributed by atoms with van der Waals surface area (Å²) in [6.45, 7) is 6.08. The van der Waals surface area contributed by atoms with E-state index in [-0.39, 0.29) is 0 Å². The van der Waals surface area contributed by atoms with E-state index in [2.05, 4.69) is 35.9 Å². The summed E-state index contributed by atoms with van der Waals surface area (Å²) >= 11 is 0. The highest BCUT2D eigenvalue weighted by atomic mass is 15.0. The van der Waals surface area contributed by atoms with Crippen LogP contribution < -0.4 is 5.73 Å². The largest absolute Gasteiger partial charge is 0.368 e. The van der Waals surface area contributed by atoms with Crippen LogP contribution in [0, 0.1) is 20.8 Å². The van der Waals surface area contributed by atoms with Gasteiger partial charge in [0.25, 0.3) is 0 Å². The molecule has 0 amide bonds. The Balaban J connectivity index is 2.67. The van der Waals surface area contributed by atoms with E-state index >= 15 is 0 Å². The Kier molecular flexibility index (Phi) is 2.60. The molecule has 0 aliphatic rings. The van der Waals surface area contributed by atoms with Crippen molar-refractivity contribution < 1.29 is 0 Å². The Labute approximate surface area is 95.4 Å². The van der Waals surface area contributed by atoms with Crippen molar-refractivity contribution in [2.45, 2.75) is 20.8 Å². The second-order valence-electron chi connectivity index (χ2n) is 4.02. The first-order valence-electron chi connectivity index (χ1n) is 5.25. The third-order valence-corrected chi connectivity index (χ3v) is 2.61. The third-order valence-electron chi connectivity index (χ3n) is 2.61. The number of benzene rings is 1. The minimum Gasteiger partial charge on any atom is -0.368 e. The van der Waals surface area contributed by atoms with E-state index in [0.29, 0.717) is 5.95 Å². The van der Waals surface area contributed by atoms with Gasteiger partial charge in [-0.25, -0.2) is 9.97 Å². The molecule has 0 spiro atoms. The Morgan fingerprint density at radius 1 is 1.00 bits per heavy atom. The molecule has 0 bridgehead atoms. The van der Waals surface area contributed by atoms with Crippen molar-refractivity contribution in [2.24, 2.45) is 0 Å². The van der Waals surface area contributed by atoms with E-state index in [1.54, 1.807) is 0 Å². The van der Waals surface area contributed by atoms with Crippen LogP contribution in [-0.4, -0.2) is 9.97 Å². The van der Waals surface area contributed by atoms with Gasteiger partial charge in [0.15, 0.2) is 0 Å². The van der Waals surface area contributed by atoms with Crippen molar-refractivity contribution in [3.05, 3.63) is 41.1 Å². The molecule has 2 aromatic rings. The number of nitrogens with two attached hydrogens (primary N) is 1. The van der Waals surface area contributed by atoms with Crippen molar-refractivity contribution in [3.63, 3.8) is 0 Å². The molecule has 82 valence electrons. The zero-order valence-electron chi connectivity index (χ0n) is 9.78. The maximum atomic E-state index is 5.67. The molecule has 0 aliphatic carbocycles. The first-order chi connectivity index (χ1) is 7.58. The van der Waals surface area contributed by atoms with Gasteiger partial charge in [0.2, 0.25) is 5.95 Å². The average molecular weight is 213 g/mol. The van der Waals surface area contributed by atoms with Gasteiger partial charge in [-0.3, -0.25) is 0 Å². The molecule has 0 saturated carbocycles. The molecular weight excluding hydrogens is 198 g/mol. The zero-order chi connectivity index (χ0) is 11.7. The number of hydrogen-bond acceptors (Lipinski definition) is 3. The minimum absolute atomic E-state index is 0.331. The van der Waals surface area contributed by atoms with Gasteiger partial charge in [-0.05, 0) is 38.0 Å². The van der Waals surface area contributed by atoms with Gasteiger partial charge in [-0.2, -0.15) is 0 Å². The maximum Gasteiger partial charge on any atom is 0.220 e. The van der Waals surface area contributed by atoms with Gasteiger partial charge in [-0.15, -0.1) is 0 Å². The second-order valence-corrected chi connectivity index (χ2v) is 4.02. The first kappa shape index (κ1) is 10.6. The van der Waals surface area contributed by atoms with Crippen molar-refractivity contribution in [2.75, 3.05) is 5.73 Å². The lowest BCUT2D eigenvalue weighted by atomic mass is 9.99. The predicted molar refractivity (Wildman–Crippen MR) is 66.1 cm³/mol. The van der Waals surface area contributed by atoms with Gasteiger partial charge >= 0.3 is 0 Å². The molecule has 3 heteroatoms. The molecule has 0 aliphatic heterocycles. The van der Waals surface area contributed by atoms with Crippen LogP contribution in [0.15, 0.2) is 24.3 Å². The van der Waals surface area contributed by atoms with E-state index in [4.69, 9.17) is 5.73 Å². The fourth-order valence-corrected chi connectivity index (χ4v) is 1.94. The summed E-state index contributed by atoms with van der Waals surface area (Å²) in [5, 5.41) is 0. The van der Waals surface area contributed by atoms with Crippen LogP contribution in [0.5, 0.6) is 0 Å². The van der Waals surface area contributed by atoms with Crippen LogP contribution in [0.3, 0.4) is 0 Å². The maximum absolute atomic E-state index is 5.67. The normalized spacial score (nSPS) is 10.4. The van der Waals surface area contributed by atoms with Crippen LogP contribution in [-0.2, 0) is 0 Å². The number of nitrogens with zero attached hydrogens (tertiary/aromatic N) is 2. The van der Waals surface area contributed by atoms with Gasteiger partial charge in [0, 0.05) is 11.3 Å². The van der Waals surface area contributed by atoms with E-state index in [0.717, 1.165) is 17.0 Å². The summed E-state index contributed by atoms with van der Waals surface area (Å²) in [5.41, 5.74) is 11.0. The Morgan fingerprint density at radius 3 is 2.19 bits per heavy atom. The molecule has 1 aromatic carbocycles. The quantitative estimate of drug-likeness (QED) is 0.792. The molecule has 2 N–H and O–H groups in total. The third kappa shape index (κ3) is 1.89. The van der Waals surface area contributed by atoms with Crippen molar-refractivity contribution in [1.29, 1.82) is 0 Å². The molecule has 3 nitrogen and oxygen atoms in total. The zero-order valence-corrected chi connectivity index (χ0v) is 9.78. The number of hydrogen-bond donors (Lipinski definition) is 1. The number of anilines is 1. The molecule has 16 heavy (non-hydrogen) atoms. The van der Waals surface area contributed by atoms with E-state index in [1.165, 1.54) is 11.1 Å². The SMILES string of the molecule is Cc1cc(-c2c(C)cccc2C)nc(N)n1. The standard InChI is InChI=1S/C13H15N3/c1-8-5-4-6-9(2)12(8)11-7-10(3)15-13(14)16-11/h4-7H,1-3H3,(H2,14,15,16). The monoisotopic (exact) mass is 213 g/mol. The number of rotatable bonds is 1. The molecule has 0 saturated heterocycles. The lowest BCUT2D eigenvalue weighted by molar-refractivity contribution is 1.12. The van der Waals surface area contributed by atoms with Crippen LogP contribution in [0.25, 0.3) is 11.3 Å². The van der Waals surface area contributed by atoms with Crippen molar-refractivity contribution >= 4 is 5.95 Å². The predicted octanol–water partition coefficient (Wildman–Crippen LogP) is 2.65. The van der Waals surface area contributed by atoms with E-state index < -0.39 is 0 Å². The van der Waals surface area contributed by atoms with Crippen molar-refractivity contribution in [1.82, 2.24) is 9.97 Å². The topological polar surface area (TPSA) is 51.8 Å². The molecule has 0 atom stereocenters. The molecule has 1 aromatic heterocycles. The molecular formula is C13H15N3. The molecule has 1 heterocycles. The lowest BCUT2D eigenvalue weighted by Crippen LogP contribution is -1.99.